The second kappa shape index (κ2) is 4.14. The molecular weight excluding hydrogens is 198 g/mol. The summed E-state index contributed by atoms with van der Waals surface area (Å²) in [5.74, 6) is 0. The van der Waals surface area contributed by atoms with Crippen molar-refractivity contribution in [1.29, 1.82) is 0 Å². The fraction of sp³-hybridized carbons (Fsp3) is 0.667. The summed E-state index contributed by atoms with van der Waals surface area (Å²) in [6.07, 6.45) is 4.12. The van der Waals surface area contributed by atoms with E-state index in [-0.39, 0.29) is 0 Å². The maximum absolute atomic E-state index is 5.60. The molecule has 1 aliphatic rings. The van der Waals surface area contributed by atoms with E-state index in [1.165, 1.54) is 11.3 Å². The van der Waals surface area contributed by atoms with Crippen molar-refractivity contribution in [1.82, 2.24) is 4.98 Å². The van der Waals surface area contributed by atoms with Gasteiger partial charge < -0.3 is 15.8 Å². The van der Waals surface area contributed by atoms with Gasteiger partial charge in [-0.3, -0.25) is 0 Å². The Morgan fingerprint density at radius 2 is 2.57 bits per heavy atom. The standard InChI is InChI=1S/C9H15N3OS/c1-6-4-7(2-3-13-6)12-9-11-5-8(10)14-9/h5-7H,2-4,10H2,1H3,(H,11,12). The molecule has 14 heavy (non-hydrogen) atoms. The summed E-state index contributed by atoms with van der Waals surface area (Å²) >= 11 is 1.50. The Labute approximate surface area is 87.5 Å². The predicted molar refractivity (Wildman–Crippen MR) is 58.6 cm³/mol. The topological polar surface area (TPSA) is 60.2 Å². The maximum Gasteiger partial charge on any atom is 0.184 e. The minimum absolute atomic E-state index is 0.346. The zero-order valence-corrected chi connectivity index (χ0v) is 9.01. The van der Waals surface area contributed by atoms with Crippen LogP contribution in [0.15, 0.2) is 6.20 Å². The Hall–Kier alpha value is -0.810. The third kappa shape index (κ3) is 2.36. The minimum Gasteiger partial charge on any atom is -0.389 e. The molecule has 1 fully saturated rings. The average molecular weight is 213 g/mol. The number of nitrogen functional groups attached to an aromatic ring is 1. The molecule has 2 atom stereocenters. The Balaban J connectivity index is 1.90. The van der Waals surface area contributed by atoms with Gasteiger partial charge in [0.1, 0.15) is 5.00 Å². The van der Waals surface area contributed by atoms with Gasteiger partial charge in [-0.05, 0) is 19.8 Å². The van der Waals surface area contributed by atoms with Gasteiger partial charge in [-0.2, -0.15) is 0 Å². The predicted octanol–water partition coefficient (Wildman–Crippen LogP) is 1.70. The number of hydrogen-bond acceptors (Lipinski definition) is 5. The monoisotopic (exact) mass is 213 g/mol. The third-order valence-electron chi connectivity index (χ3n) is 2.34. The minimum atomic E-state index is 0.346. The van der Waals surface area contributed by atoms with Crippen LogP contribution in [0.3, 0.4) is 0 Å². The number of ether oxygens (including phenoxy) is 1. The lowest BCUT2D eigenvalue weighted by atomic mass is 10.1. The molecule has 0 saturated carbocycles. The molecule has 78 valence electrons. The Morgan fingerprint density at radius 1 is 1.71 bits per heavy atom. The van der Waals surface area contributed by atoms with E-state index in [0.717, 1.165) is 29.6 Å². The lowest BCUT2D eigenvalue weighted by molar-refractivity contribution is 0.0232. The van der Waals surface area contributed by atoms with E-state index in [1.54, 1.807) is 6.20 Å². The van der Waals surface area contributed by atoms with E-state index in [1.807, 2.05) is 0 Å². The van der Waals surface area contributed by atoms with E-state index < -0.39 is 0 Å². The highest BCUT2D eigenvalue weighted by atomic mass is 32.1. The second-order valence-electron chi connectivity index (χ2n) is 3.61. The van der Waals surface area contributed by atoms with Crippen LogP contribution in [0.25, 0.3) is 0 Å². The number of thiazole rings is 1. The van der Waals surface area contributed by atoms with Crippen LogP contribution in [0.4, 0.5) is 10.1 Å². The molecule has 1 saturated heterocycles. The van der Waals surface area contributed by atoms with Gasteiger partial charge in [-0.1, -0.05) is 11.3 Å². The summed E-state index contributed by atoms with van der Waals surface area (Å²) < 4.78 is 5.47. The smallest absolute Gasteiger partial charge is 0.184 e. The fourth-order valence-corrected chi connectivity index (χ4v) is 2.32. The third-order valence-corrected chi connectivity index (χ3v) is 3.09. The van der Waals surface area contributed by atoms with E-state index in [9.17, 15) is 0 Å². The molecule has 0 amide bonds. The van der Waals surface area contributed by atoms with E-state index in [0.29, 0.717) is 12.1 Å². The molecule has 0 aliphatic carbocycles. The molecule has 2 heterocycles. The van der Waals surface area contributed by atoms with Gasteiger partial charge in [-0.25, -0.2) is 4.98 Å². The SMILES string of the molecule is CC1CC(Nc2ncc(N)s2)CCO1. The average Bonchev–Trinajstić information content (AvgIpc) is 2.51. The normalized spacial score (nSPS) is 27.5. The highest BCUT2D eigenvalue weighted by molar-refractivity contribution is 7.19. The van der Waals surface area contributed by atoms with Gasteiger partial charge in [-0.15, -0.1) is 0 Å². The van der Waals surface area contributed by atoms with Crippen molar-refractivity contribution in [3.63, 3.8) is 0 Å². The first-order chi connectivity index (χ1) is 6.74. The first-order valence-electron chi connectivity index (χ1n) is 4.83. The van der Waals surface area contributed by atoms with Crippen LogP contribution in [-0.4, -0.2) is 23.7 Å². The maximum atomic E-state index is 5.60. The van der Waals surface area contributed by atoms with Gasteiger partial charge in [0.15, 0.2) is 5.13 Å². The van der Waals surface area contributed by atoms with Crippen LogP contribution < -0.4 is 11.1 Å². The van der Waals surface area contributed by atoms with Crippen molar-refractivity contribution in [2.24, 2.45) is 0 Å². The number of nitrogens with two attached hydrogens (primary N) is 1. The van der Waals surface area contributed by atoms with Crippen molar-refractivity contribution in [3.05, 3.63) is 6.20 Å². The van der Waals surface area contributed by atoms with Crippen molar-refractivity contribution < 1.29 is 4.74 Å². The highest BCUT2D eigenvalue weighted by Crippen LogP contribution is 2.23. The molecule has 2 rings (SSSR count). The zero-order valence-electron chi connectivity index (χ0n) is 8.19. The number of anilines is 2. The van der Waals surface area contributed by atoms with Crippen LogP contribution in [0, 0.1) is 0 Å². The van der Waals surface area contributed by atoms with E-state index in [4.69, 9.17) is 10.5 Å². The Morgan fingerprint density at radius 3 is 3.21 bits per heavy atom. The Bertz CT molecular complexity index is 302. The van der Waals surface area contributed by atoms with Crippen LogP contribution in [0.1, 0.15) is 19.8 Å². The summed E-state index contributed by atoms with van der Waals surface area (Å²) in [4.78, 5) is 4.18. The van der Waals surface area contributed by atoms with E-state index in [2.05, 4.69) is 17.2 Å². The van der Waals surface area contributed by atoms with Crippen LogP contribution in [0.2, 0.25) is 0 Å². The molecule has 0 aromatic carbocycles. The van der Waals surface area contributed by atoms with Crippen molar-refractivity contribution >= 4 is 21.5 Å². The number of nitrogens with one attached hydrogen (secondary N) is 1. The summed E-state index contributed by atoms with van der Waals surface area (Å²) in [5, 5.41) is 5.05. The summed E-state index contributed by atoms with van der Waals surface area (Å²) in [6, 6.07) is 0.476. The van der Waals surface area contributed by atoms with E-state index >= 15 is 0 Å². The molecule has 0 radical (unpaired) electrons. The van der Waals surface area contributed by atoms with Gasteiger partial charge in [0.2, 0.25) is 0 Å². The molecule has 5 heteroatoms. The molecule has 0 bridgehead atoms. The van der Waals surface area contributed by atoms with Crippen molar-refractivity contribution in [3.8, 4) is 0 Å². The lowest BCUT2D eigenvalue weighted by Crippen LogP contribution is -2.32. The molecular formula is C9H15N3OS. The summed E-state index contributed by atoms with van der Waals surface area (Å²) in [7, 11) is 0. The van der Waals surface area contributed by atoms with Crippen LogP contribution in [-0.2, 0) is 4.74 Å². The molecule has 1 aromatic heterocycles. The number of hydrogen-bond donors (Lipinski definition) is 2. The zero-order chi connectivity index (χ0) is 9.97. The highest BCUT2D eigenvalue weighted by Gasteiger charge is 2.19. The molecule has 1 aromatic rings. The van der Waals surface area contributed by atoms with Crippen LogP contribution in [0.5, 0.6) is 0 Å². The number of aromatic nitrogens is 1. The van der Waals surface area contributed by atoms with Gasteiger partial charge >= 0.3 is 0 Å². The second-order valence-corrected chi connectivity index (χ2v) is 4.68. The molecule has 4 nitrogen and oxygen atoms in total. The summed E-state index contributed by atoms with van der Waals surface area (Å²) in [6.45, 7) is 2.93. The van der Waals surface area contributed by atoms with Gasteiger partial charge in [0, 0.05) is 12.6 Å². The largest absolute Gasteiger partial charge is 0.389 e. The van der Waals surface area contributed by atoms with Gasteiger partial charge in [0.05, 0.1) is 12.3 Å². The quantitative estimate of drug-likeness (QED) is 0.785. The van der Waals surface area contributed by atoms with Crippen molar-refractivity contribution in [2.75, 3.05) is 17.7 Å². The van der Waals surface area contributed by atoms with Gasteiger partial charge in [0.25, 0.3) is 0 Å². The molecule has 1 aliphatic heterocycles. The molecule has 0 spiro atoms. The lowest BCUT2D eigenvalue weighted by Gasteiger charge is -2.27. The fourth-order valence-electron chi connectivity index (χ4n) is 1.66. The molecule has 3 N–H and O–H groups in total. The molecule has 2 unspecified atom stereocenters. The first-order valence-corrected chi connectivity index (χ1v) is 5.65. The number of nitrogens with zero attached hydrogens (tertiary/aromatic N) is 1. The van der Waals surface area contributed by atoms with Crippen molar-refractivity contribution in [2.45, 2.75) is 31.9 Å². The van der Waals surface area contributed by atoms with Crippen LogP contribution >= 0.6 is 11.3 Å². The number of rotatable bonds is 2. The summed E-state index contributed by atoms with van der Waals surface area (Å²) in [5.41, 5.74) is 5.60. The first kappa shape index (κ1) is 9.73. The Kier molecular flexibility index (Phi) is 2.88.